The smallest absolute Gasteiger partial charge is 0.163 e. The molecule has 0 amide bonds. The quantitative estimate of drug-likeness (QED) is 0.524. The second kappa shape index (κ2) is 6.82. The van der Waals surface area contributed by atoms with Crippen molar-refractivity contribution < 1.29 is 9.84 Å². The number of nitrogens with one attached hydrogen (secondary N) is 1. The van der Waals surface area contributed by atoms with Gasteiger partial charge in [-0.3, -0.25) is 5.41 Å². The molecule has 7 heteroatoms. The van der Waals surface area contributed by atoms with E-state index >= 15 is 0 Å². The molecule has 4 N–H and O–H groups in total. The Balaban J connectivity index is 2.54. The molecule has 1 aromatic rings. The molecule has 2 rings (SSSR count). The third-order valence-corrected chi connectivity index (χ3v) is 3.81. The van der Waals surface area contributed by atoms with Crippen LogP contribution < -0.4 is 10.6 Å². The van der Waals surface area contributed by atoms with Crippen molar-refractivity contribution in [3.8, 4) is 0 Å². The maximum atomic E-state index is 9.52. The Kier molecular flexibility index (Phi) is 5.08. The second-order valence-corrected chi connectivity index (χ2v) is 5.05. The standard InChI is InChI=1S/C14H23N5O2/c1-3-10-11(4-2)17-18-14(12(10)13(15)16)19-5-6-21-8-9(19)7-20/h9,20H,3-8H2,1-2H3,(H3,15,16). The van der Waals surface area contributed by atoms with Crippen LogP contribution in [0.15, 0.2) is 0 Å². The van der Waals surface area contributed by atoms with Crippen LogP contribution in [0.5, 0.6) is 0 Å². The largest absolute Gasteiger partial charge is 0.394 e. The van der Waals surface area contributed by atoms with Crippen molar-refractivity contribution >= 4 is 11.7 Å². The number of morpholine rings is 1. The number of ether oxygens (including phenoxy) is 1. The number of nitrogens with zero attached hydrogens (tertiary/aromatic N) is 3. The van der Waals surface area contributed by atoms with E-state index in [1.54, 1.807) is 0 Å². The zero-order valence-corrected chi connectivity index (χ0v) is 12.6. The first-order valence-corrected chi connectivity index (χ1v) is 7.32. The third-order valence-electron chi connectivity index (χ3n) is 3.81. The number of aliphatic hydroxyl groups is 1. The summed E-state index contributed by atoms with van der Waals surface area (Å²) in [6.45, 7) is 5.61. The molecule has 1 unspecified atom stereocenters. The SMILES string of the molecule is CCc1nnc(N2CCOCC2CO)c(C(=N)N)c1CC. The highest BCUT2D eigenvalue weighted by atomic mass is 16.5. The fourth-order valence-electron chi connectivity index (χ4n) is 2.73. The summed E-state index contributed by atoms with van der Waals surface area (Å²) in [6.07, 6.45) is 1.50. The molecule has 1 aromatic heterocycles. The molecule has 21 heavy (non-hydrogen) atoms. The number of anilines is 1. The number of aromatic nitrogens is 2. The summed E-state index contributed by atoms with van der Waals surface area (Å²) in [5, 5.41) is 26.0. The molecule has 1 fully saturated rings. The van der Waals surface area contributed by atoms with Gasteiger partial charge in [0.05, 0.1) is 37.1 Å². The van der Waals surface area contributed by atoms with Gasteiger partial charge in [0, 0.05) is 6.54 Å². The summed E-state index contributed by atoms with van der Waals surface area (Å²) in [7, 11) is 0. The van der Waals surface area contributed by atoms with E-state index in [2.05, 4.69) is 10.2 Å². The van der Waals surface area contributed by atoms with Crippen LogP contribution in [0, 0.1) is 5.41 Å². The summed E-state index contributed by atoms with van der Waals surface area (Å²) in [5.41, 5.74) is 8.29. The van der Waals surface area contributed by atoms with Gasteiger partial charge in [-0.25, -0.2) is 0 Å². The average Bonchev–Trinajstić information content (AvgIpc) is 2.52. The van der Waals surface area contributed by atoms with Gasteiger partial charge in [0.1, 0.15) is 5.84 Å². The first-order chi connectivity index (χ1) is 10.1. The number of nitrogens with two attached hydrogens (primary N) is 1. The zero-order chi connectivity index (χ0) is 15.4. The normalized spacial score (nSPS) is 18.8. The van der Waals surface area contributed by atoms with Gasteiger partial charge in [-0.1, -0.05) is 13.8 Å². The van der Waals surface area contributed by atoms with Gasteiger partial charge >= 0.3 is 0 Å². The molecule has 1 aliphatic heterocycles. The van der Waals surface area contributed by atoms with Crippen molar-refractivity contribution in [3.05, 3.63) is 16.8 Å². The highest BCUT2D eigenvalue weighted by Crippen LogP contribution is 2.26. The summed E-state index contributed by atoms with van der Waals surface area (Å²) in [6, 6.07) is -0.177. The number of aryl methyl sites for hydroxylation is 1. The Morgan fingerprint density at radius 3 is 2.76 bits per heavy atom. The van der Waals surface area contributed by atoms with Crippen LogP contribution in [0.2, 0.25) is 0 Å². The molecule has 116 valence electrons. The second-order valence-electron chi connectivity index (χ2n) is 5.05. The summed E-state index contributed by atoms with van der Waals surface area (Å²) < 4.78 is 5.39. The number of amidine groups is 1. The maximum absolute atomic E-state index is 9.52. The number of hydrogen-bond acceptors (Lipinski definition) is 6. The Bertz CT molecular complexity index is 520. The van der Waals surface area contributed by atoms with E-state index in [1.165, 1.54) is 0 Å². The fraction of sp³-hybridized carbons (Fsp3) is 0.643. The van der Waals surface area contributed by atoms with Gasteiger partial charge < -0.3 is 20.5 Å². The lowest BCUT2D eigenvalue weighted by molar-refractivity contribution is 0.0721. The number of nitrogen functional groups attached to an aromatic ring is 1. The molecular weight excluding hydrogens is 270 g/mol. The van der Waals surface area contributed by atoms with E-state index in [0.717, 1.165) is 24.1 Å². The molecule has 0 saturated carbocycles. The van der Waals surface area contributed by atoms with Crippen molar-refractivity contribution in [1.29, 1.82) is 5.41 Å². The first-order valence-electron chi connectivity index (χ1n) is 7.32. The highest BCUT2D eigenvalue weighted by Gasteiger charge is 2.28. The third kappa shape index (κ3) is 2.98. The molecule has 1 aliphatic rings. The molecule has 2 heterocycles. The van der Waals surface area contributed by atoms with E-state index in [1.807, 2.05) is 18.7 Å². The van der Waals surface area contributed by atoms with Gasteiger partial charge in [0.2, 0.25) is 0 Å². The van der Waals surface area contributed by atoms with Crippen molar-refractivity contribution in [2.75, 3.05) is 31.3 Å². The van der Waals surface area contributed by atoms with Crippen molar-refractivity contribution in [2.45, 2.75) is 32.7 Å². The van der Waals surface area contributed by atoms with Gasteiger partial charge in [-0.15, -0.1) is 5.10 Å². The van der Waals surface area contributed by atoms with Crippen LogP contribution in [-0.4, -0.2) is 53.5 Å². The van der Waals surface area contributed by atoms with Crippen LogP contribution in [0.3, 0.4) is 0 Å². The van der Waals surface area contributed by atoms with Gasteiger partial charge in [0.25, 0.3) is 0 Å². The van der Waals surface area contributed by atoms with Crippen LogP contribution in [0.25, 0.3) is 0 Å². The van der Waals surface area contributed by atoms with Crippen LogP contribution in [0.4, 0.5) is 5.82 Å². The van der Waals surface area contributed by atoms with Crippen LogP contribution in [-0.2, 0) is 17.6 Å². The minimum Gasteiger partial charge on any atom is -0.394 e. The molecule has 0 aliphatic carbocycles. The van der Waals surface area contributed by atoms with Crippen LogP contribution >= 0.6 is 0 Å². The predicted molar refractivity (Wildman–Crippen MR) is 80.8 cm³/mol. The topological polar surface area (TPSA) is 108 Å². The van der Waals surface area contributed by atoms with Crippen molar-refractivity contribution in [1.82, 2.24) is 10.2 Å². The first kappa shape index (κ1) is 15.7. The number of aliphatic hydroxyl groups excluding tert-OH is 1. The summed E-state index contributed by atoms with van der Waals surface area (Å²) in [5.74, 6) is 0.577. The van der Waals surface area contributed by atoms with E-state index < -0.39 is 0 Å². The zero-order valence-electron chi connectivity index (χ0n) is 12.6. The Hall–Kier alpha value is -1.73. The Morgan fingerprint density at radius 2 is 2.19 bits per heavy atom. The Labute approximate surface area is 124 Å². The van der Waals surface area contributed by atoms with Crippen LogP contribution in [0.1, 0.15) is 30.7 Å². The minimum atomic E-state index is -0.177. The maximum Gasteiger partial charge on any atom is 0.163 e. The molecule has 1 atom stereocenters. The van der Waals surface area contributed by atoms with E-state index in [0.29, 0.717) is 31.1 Å². The lowest BCUT2D eigenvalue weighted by Crippen LogP contribution is -2.49. The highest BCUT2D eigenvalue weighted by molar-refractivity contribution is 6.01. The van der Waals surface area contributed by atoms with E-state index in [-0.39, 0.29) is 18.5 Å². The lowest BCUT2D eigenvalue weighted by atomic mass is 10.0. The fourth-order valence-corrected chi connectivity index (χ4v) is 2.73. The summed E-state index contributed by atoms with van der Waals surface area (Å²) >= 11 is 0. The molecule has 0 aromatic carbocycles. The average molecular weight is 293 g/mol. The monoisotopic (exact) mass is 293 g/mol. The minimum absolute atomic E-state index is 0.00497. The predicted octanol–water partition coefficient (Wildman–Crippen LogP) is 0.0830. The van der Waals surface area contributed by atoms with Gasteiger partial charge in [0.15, 0.2) is 5.82 Å². The number of hydrogen-bond donors (Lipinski definition) is 3. The van der Waals surface area contributed by atoms with Crippen molar-refractivity contribution in [3.63, 3.8) is 0 Å². The van der Waals surface area contributed by atoms with Gasteiger partial charge in [-0.05, 0) is 18.4 Å². The molecule has 7 nitrogen and oxygen atoms in total. The molecule has 0 bridgehead atoms. The number of rotatable bonds is 5. The van der Waals surface area contributed by atoms with E-state index in [4.69, 9.17) is 15.9 Å². The molecule has 0 spiro atoms. The van der Waals surface area contributed by atoms with E-state index in [9.17, 15) is 5.11 Å². The molecule has 1 saturated heterocycles. The summed E-state index contributed by atoms with van der Waals surface area (Å²) in [4.78, 5) is 1.95. The molecule has 0 radical (unpaired) electrons. The Morgan fingerprint density at radius 1 is 1.43 bits per heavy atom. The van der Waals surface area contributed by atoms with Crippen molar-refractivity contribution in [2.24, 2.45) is 5.73 Å². The molecular formula is C14H23N5O2. The lowest BCUT2D eigenvalue weighted by Gasteiger charge is -2.36. The van der Waals surface area contributed by atoms with Gasteiger partial charge in [-0.2, -0.15) is 5.10 Å².